The van der Waals surface area contributed by atoms with Crippen LogP contribution in [0.5, 0.6) is 6.01 Å². The van der Waals surface area contributed by atoms with Crippen LogP contribution < -0.4 is 4.74 Å². The van der Waals surface area contributed by atoms with Gasteiger partial charge in [-0.25, -0.2) is 9.97 Å². The number of nitrogens with zero attached hydrogens (tertiary/aromatic N) is 3. The van der Waals surface area contributed by atoms with Crippen LogP contribution in [-0.4, -0.2) is 63.9 Å². The summed E-state index contributed by atoms with van der Waals surface area (Å²) in [6, 6.07) is 12.0. The first-order valence-corrected chi connectivity index (χ1v) is 8.71. The Balaban J connectivity index is 1.37. The Bertz CT molecular complexity index is 758. The maximum absolute atomic E-state index is 12.4. The molecule has 2 aliphatic heterocycles. The van der Waals surface area contributed by atoms with Crippen LogP contribution in [0, 0.1) is 0 Å². The molecule has 2 saturated heterocycles. The Kier molecular flexibility index (Phi) is 4.57. The van der Waals surface area contributed by atoms with Gasteiger partial charge in [0, 0.05) is 24.9 Å². The van der Waals surface area contributed by atoms with Crippen LogP contribution in [0.15, 0.2) is 48.8 Å². The van der Waals surface area contributed by atoms with Gasteiger partial charge in [-0.2, -0.15) is 0 Å². The van der Waals surface area contributed by atoms with Crippen LogP contribution in [0.25, 0.3) is 0 Å². The number of aliphatic hydroxyl groups excluding tert-OH is 1. The molecule has 3 heterocycles. The van der Waals surface area contributed by atoms with Gasteiger partial charge >= 0.3 is 6.01 Å². The average Bonchev–Trinajstić information content (AvgIpc) is 3.26. The predicted molar refractivity (Wildman–Crippen MR) is 92.6 cm³/mol. The van der Waals surface area contributed by atoms with E-state index in [0.717, 1.165) is 0 Å². The number of aliphatic hydroxyl groups is 1. The number of amides is 1. The monoisotopic (exact) mass is 355 g/mol. The van der Waals surface area contributed by atoms with Crippen molar-refractivity contribution in [3.63, 3.8) is 0 Å². The summed E-state index contributed by atoms with van der Waals surface area (Å²) in [6.45, 7) is 1.01. The molecule has 0 bridgehead atoms. The molecule has 26 heavy (non-hydrogen) atoms. The fourth-order valence-electron chi connectivity index (χ4n) is 3.72. The first-order chi connectivity index (χ1) is 12.7. The summed E-state index contributed by atoms with van der Waals surface area (Å²) in [4.78, 5) is 21.9. The molecular formula is C19H21N3O4. The maximum Gasteiger partial charge on any atom is 0.316 e. The Morgan fingerprint density at radius 1 is 1.27 bits per heavy atom. The summed E-state index contributed by atoms with van der Waals surface area (Å²) in [7, 11) is 0. The number of hydrogen-bond donors (Lipinski definition) is 1. The van der Waals surface area contributed by atoms with E-state index in [-0.39, 0.29) is 31.0 Å². The molecule has 1 amide bonds. The van der Waals surface area contributed by atoms with E-state index in [9.17, 15) is 9.90 Å². The van der Waals surface area contributed by atoms with Gasteiger partial charge in [0.05, 0.1) is 13.2 Å². The highest BCUT2D eigenvalue weighted by Gasteiger charge is 2.53. The number of likely N-dealkylation sites (tertiary alicyclic amines) is 1. The number of aromatic nitrogens is 2. The lowest BCUT2D eigenvalue weighted by atomic mass is 9.87. The maximum atomic E-state index is 12.4. The molecule has 0 aliphatic carbocycles. The number of carbonyl (C=O) groups is 1. The third-order valence-electron chi connectivity index (χ3n) is 5.11. The van der Waals surface area contributed by atoms with Gasteiger partial charge in [0.15, 0.2) is 6.61 Å². The molecule has 2 aliphatic rings. The smallest absolute Gasteiger partial charge is 0.316 e. The minimum absolute atomic E-state index is 0.158. The highest BCUT2D eigenvalue weighted by atomic mass is 16.5. The molecule has 7 nitrogen and oxygen atoms in total. The Morgan fingerprint density at radius 3 is 2.81 bits per heavy atom. The van der Waals surface area contributed by atoms with Crippen molar-refractivity contribution >= 4 is 5.91 Å². The highest BCUT2D eigenvalue weighted by Crippen LogP contribution is 2.42. The van der Waals surface area contributed by atoms with Crippen LogP contribution in [0.2, 0.25) is 0 Å². The molecule has 3 atom stereocenters. The summed E-state index contributed by atoms with van der Waals surface area (Å²) < 4.78 is 11.3. The van der Waals surface area contributed by atoms with Crippen molar-refractivity contribution in [2.24, 2.45) is 0 Å². The number of hydrogen-bond acceptors (Lipinski definition) is 6. The minimum atomic E-state index is -0.701. The second-order valence-electron chi connectivity index (χ2n) is 6.80. The van der Waals surface area contributed by atoms with Crippen molar-refractivity contribution < 1.29 is 19.4 Å². The molecular weight excluding hydrogens is 334 g/mol. The first kappa shape index (κ1) is 16.9. The second-order valence-corrected chi connectivity index (χ2v) is 6.80. The van der Waals surface area contributed by atoms with Gasteiger partial charge in [-0.15, -0.1) is 0 Å². The summed E-state index contributed by atoms with van der Waals surface area (Å²) in [5, 5.41) is 10.6. The zero-order chi connectivity index (χ0) is 18.0. The Hall–Kier alpha value is -2.51. The summed E-state index contributed by atoms with van der Waals surface area (Å²) in [5.74, 6) is 0.0232. The van der Waals surface area contributed by atoms with Gasteiger partial charge < -0.3 is 19.5 Å². The number of β-amino-alcohol motifs (C(OH)–C–C–N with tert-alkyl or cyclic N) is 1. The molecule has 1 spiro atoms. The molecule has 2 fully saturated rings. The van der Waals surface area contributed by atoms with Crippen LogP contribution in [0.4, 0.5) is 0 Å². The van der Waals surface area contributed by atoms with Crippen LogP contribution in [-0.2, 0) is 9.53 Å². The normalized spacial score (nSPS) is 27.8. The van der Waals surface area contributed by atoms with Crippen molar-refractivity contribution in [2.75, 3.05) is 26.3 Å². The zero-order valence-electron chi connectivity index (χ0n) is 14.3. The number of rotatable bonds is 4. The first-order valence-electron chi connectivity index (χ1n) is 8.71. The van der Waals surface area contributed by atoms with Crippen molar-refractivity contribution in [3.05, 3.63) is 54.4 Å². The SMILES string of the molecule is O=C(COc1ncccn1)N1C[C@@H](O)[C@@]2(C[C@H](c3ccccc3)CO2)C1. The van der Waals surface area contributed by atoms with Gasteiger partial charge in [-0.1, -0.05) is 30.3 Å². The molecule has 4 rings (SSSR count). The van der Waals surface area contributed by atoms with E-state index in [1.54, 1.807) is 23.4 Å². The third kappa shape index (κ3) is 3.27. The van der Waals surface area contributed by atoms with E-state index in [1.807, 2.05) is 18.2 Å². The fraction of sp³-hybridized carbons (Fsp3) is 0.421. The second kappa shape index (κ2) is 7.01. The van der Waals surface area contributed by atoms with E-state index < -0.39 is 11.7 Å². The molecule has 0 saturated carbocycles. The van der Waals surface area contributed by atoms with Crippen LogP contribution in [0.1, 0.15) is 17.9 Å². The predicted octanol–water partition coefficient (Wildman–Crippen LogP) is 1.00. The minimum Gasteiger partial charge on any atom is -0.453 e. The molecule has 0 radical (unpaired) electrons. The molecule has 1 aromatic carbocycles. The largest absolute Gasteiger partial charge is 0.453 e. The molecule has 1 aromatic heterocycles. The van der Waals surface area contributed by atoms with Crippen molar-refractivity contribution in [1.29, 1.82) is 0 Å². The molecule has 0 unspecified atom stereocenters. The number of carbonyl (C=O) groups excluding carboxylic acids is 1. The van der Waals surface area contributed by atoms with E-state index in [2.05, 4.69) is 22.1 Å². The highest BCUT2D eigenvalue weighted by molar-refractivity contribution is 5.78. The van der Waals surface area contributed by atoms with Gasteiger partial charge in [-0.05, 0) is 18.1 Å². The van der Waals surface area contributed by atoms with Gasteiger partial charge in [0.2, 0.25) is 0 Å². The van der Waals surface area contributed by atoms with Crippen LogP contribution >= 0.6 is 0 Å². The van der Waals surface area contributed by atoms with E-state index in [4.69, 9.17) is 9.47 Å². The van der Waals surface area contributed by atoms with Gasteiger partial charge in [-0.3, -0.25) is 4.79 Å². The van der Waals surface area contributed by atoms with Gasteiger partial charge in [0.25, 0.3) is 5.91 Å². The number of ether oxygens (including phenoxy) is 2. The Labute approximate surface area is 151 Å². The molecule has 2 aromatic rings. The summed E-state index contributed by atoms with van der Waals surface area (Å²) in [6.07, 6.45) is 3.10. The summed E-state index contributed by atoms with van der Waals surface area (Å²) >= 11 is 0. The topological polar surface area (TPSA) is 84.8 Å². The Morgan fingerprint density at radius 2 is 2.04 bits per heavy atom. The van der Waals surface area contributed by atoms with Crippen molar-refractivity contribution in [1.82, 2.24) is 14.9 Å². The lowest BCUT2D eigenvalue weighted by Crippen LogP contribution is -2.41. The van der Waals surface area contributed by atoms with Crippen molar-refractivity contribution in [2.45, 2.75) is 24.0 Å². The van der Waals surface area contributed by atoms with E-state index in [1.165, 1.54) is 5.56 Å². The molecule has 7 heteroatoms. The third-order valence-corrected chi connectivity index (χ3v) is 5.11. The molecule has 1 N–H and O–H groups in total. The zero-order valence-corrected chi connectivity index (χ0v) is 14.3. The van der Waals surface area contributed by atoms with Crippen LogP contribution in [0.3, 0.4) is 0 Å². The lowest BCUT2D eigenvalue weighted by molar-refractivity contribution is -0.133. The van der Waals surface area contributed by atoms with Crippen molar-refractivity contribution in [3.8, 4) is 6.01 Å². The standard InChI is InChI=1S/C19H21N3O4/c23-16-10-22(17(24)12-25-18-20-7-4-8-21-18)13-19(16)9-15(11-26-19)14-5-2-1-3-6-14/h1-8,15-16,23H,9-13H2/t15-,16+,19+/m0/s1. The van der Waals surface area contributed by atoms with Gasteiger partial charge in [0.1, 0.15) is 11.7 Å². The molecule has 136 valence electrons. The number of benzene rings is 1. The fourth-order valence-corrected chi connectivity index (χ4v) is 3.72. The van der Waals surface area contributed by atoms with E-state index in [0.29, 0.717) is 19.6 Å². The summed E-state index contributed by atoms with van der Waals surface area (Å²) in [5.41, 5.74) is 0.505. The lowest BCUT2D eigenvalue weighted by Gasteiger charge is -2.26. The van der Waals surface area contributed by atoms with E-state index >= 15 is 0 Å². The average molecular weight is 355 g/mol. The quantitative estimate of drug-likeness (QED) is 0.881.